The number of nitrogens with zero attached hydrogens (tertiary/aromatic N) is 2. The first-order chi connectivity index (χ1) is 15.7. The lowest BCUT2D eigenvalue weighted by molar-refractivity contribution is -0.154. The summed E-state index contributed by atoms with van der Waals surface area (Å²) in [4.78, 5) is 53.3. The van der Waals surface area contributed by atoms with E-state index in [2.05, 4.69) is 6.92 Å². The van der Waals surface area contributed by atoms with Crippen LogP contribution in [0.25, 0.3) is 0 Å². The molecule has 2 aromatic rings. The van der Waals surface area contributed by atoms with Crippen molar-refractivity contribution in [3.63, 3.8) is 0 Å². The number of rotatable bonds is 5. The second-order valence-electron chi connectivity index (χ2n) is 9.21. The second-order valence-corrected chi connectivity index (χ2v) is 9.65. The fourth-order valence-electron chi connectivity index (χ4n) is 4.73. The Morgan fingerprint density at radius 1 is 0.939 bits per heavy atom. The average Bonchev–Trinajstić information content (AvgIpc) is 3.03. The number of hydrogen-bond acceptors (Lipinski definition) is 4. The summed E-state index contributed by atoms with van der Waals surface area (Å²) >= 11 is 5.96. The Morgan fingerprint density at radius 2 is 1.58 bits per heavy atom. The highest BCUT2D eigenvalue weighted by molar-refractivity contribution is 6.30. The summed E-state index contributed by atoms with van der Waals surface area (Å²) in [5, 5.41) is 2.41. The molecular formula is C26H27ClN2O4. The van der Waals surface area contributed by atoms with E-state index >= 15 is 0 Å². The lowest BCUT2D eigenvalue weighted by Crippen LogP contribution is -2.52. The first-order valence-electron chi connectivity index (χ1n) is 11.2. The molecule has 2 aromatic carbocycles. The molecule has 0 unspecified atom stereocenters. The summed E-state index contributed by atoms with van der Waals surface area (Å²) < 4.78 is 0. The van der Waals surface area contributed by atoms with Crippen molar-refractivity contribution in [2.24, 2.45) is 17.8 Å². The Morgan fingerprint density at radius 3 is 2.24 bits per heavy atom. The fourth-order valence-corrected chi connectivity index (χ4v) is 4.85. The highest BCUT2D eigenvalue weighted by Crippen LogP contribution is 2.41. The first kappa shape index (κ1) is 23.2. The smallest absolute Gasteiger partial charge is 0.273 e. The topological polar surface area (TPSA) is 74.8 Å². The van der Waals surface area contributed by atoms with Crippen LogP contribution in [0, 0.1) is 31.6 Å². The van der Waals surface area contributed by atoms with E-state index in [1.807, 2.05) is 19.9 Å². The van der Waals surface area contributed by atoms with Gasteiger partial charge in [0.1, 0.15) is 6.54 Å². The van der Waals surface area contributed by atoms with Crippen LogP contribution in [0.3, 0.4) is 0 Å². The van der Waals surface area contributed by atoms with E-state index in [9.17, 15) is 19.2 Å². The van der Waals surface area contributed by atoms with Crippen molar-refractivity contribution in [3.8, 4) is 0 Å². The molecular weight excluding hydrogens is 440 g/mol. The number of carbonyl (C=O) groups excluding carboxylic acids is 4. The van der Waals surface area contributed by atoms with Crippen LogP contribution in [0.2, 0.25) is 5.02 Å². The van der Waals surface area contributed by atoms with Gasteiger partial charge in [0, 0.05) is 16.1 Å². The molecule has 1 heterocycles. The molecule has 0 spiro atoms. The molecule has 3 amide bonds. The third-order valence-electron chi connectivity index (χ3n) is 6.85. The summed E-state index contributed by atoms with van der Waals surface area (Å²) in [5.74, 6) is -2.27. The molecule has 1 saturated carbocycles. The molecule has 0 aromatic heterocycles. The molecule has 0 bridgehead atoms. The van der Waals surface area contributed by atoms with Crippen LogP contribution >= 0.6 is 11.6 Å². The third-order valence-corrected chi connectivity index (χ3v) is 7.11. The van der Waals surface area contributed by atoms with E-state index in [-0.39, 0.29) is 11.3 Å². The molecule has 3 atom stereocenters. The minimum absolute atomic E-state index is 0.246. The van der Waals surface area contributed by atoms with Gasteiger partial charge in [-0.3, -0.25) is 19.2 Å². The Kier molecular flexibility index (Phi) is 6.39. The molecule has 172 valence electrons. The van der Waals surface area contributed by atoms with Crippen LogP contribution in [-0.4, -0.2) is 40.1 Å². The lowest BCUT2D eigenvalue weighted by Gasteiger charge is -2.30. The van der Waals surface area contributed by atoms with Crippen molar-refractivity contribution in [1.82, 2.24) is 10.0 Å². The number of fused-ring (bicyclic) bond motifs is 1. The van der Waals surface area contributed by atoms with E-state index in [0.717, 1.165) is 27.6 Å². The molecule has 6 nitrogen and oxygen atoms in total. The molecule has 2 fully saturated rings. The number of halogens is 1. The molecule has 0 N–H and O–H groups in total. The highest BCUT2D eigenvalue weighted by Gasteiger charge is 2.52. The van der Waals surface area contributed by atoms with Crippen LogP contribution in [-0.2, 0) is 9.59 Å². The van der Waals surface area contributed by atoms with Crippen molar-refractivity contribution in [2.45, 2.75) is 40.0 Å². The van der Waals surface area contributed by atoms with Gasteiger partial charge < -0.3 is 0 Å². The number of amides is 3. The summed E-state index contributed by atoms with van der Waals surface area (Å²) in [6.45, 7) is 5.51. The zero-order valence-corrected chi connectivity index (χ0v) is 19.8. The van der Waals surface area contributed by atoms with Gasteiger partial charge in [-0.2, -0.15) is 5.01 Å². The number of hydrogen-bond donors (Lipinski definition) is 0. The van der Waals surface area contributed by atoms with Gasteiger partial charge >= 0.3 is 0 Å². The third kappa shape index (κ3) is 4.44. The highest BCUT2D eigenvalue weighted by atomic mass is 35.5. The van der Waals surface area contributed by atoms with Crippen LogP contribution in [0.5, 0.6) is 0 Å². The predicted molar refractivity (Wildman–Crippen MR) is 125 cm³/mol. The Bertz CT molecular complexity index is 1130. The zero-order chi connectivity index (χ0) is 23.9. The van der Waals surface area contributed by atoms with Gasteiger partial charge in [-0.15, -0.1) is 0 Å². The summed E-state index contributed by atoms with van der Waals surface area (Å²) in [6, 6.07) is 11.5. The molecule has 1 aliphatic carbocycles. The lowest BCUT2D eigenvalue weighted by atomic mass is 9.76. The van der Waals surface area contributed by atoms with E-state index in [1.165, 1.54) is 12.1 Å². The van der Waals surface area contributed by atoms with Crippen molar-refractivity contribution >= 4 is 35.1 Å². The van der Waals surface area contributed by atoms with Crippen LogP contribution in [0.1, 0.15) is 58.0 Å². The summed E-state index contributed by atoms with van der Waals surface area (Å²) in [5.41, 5.74) is 2.67. The normalized spacial score (nSPS) is 22.3. The van der Waals surface area contributed by atoms with Crippen molar-refractivity contribution < 1.29 is 19.2 Å². The van der Waals surface area contributed by atoms with Gasteiger partial charge in [0.25, 0.3) is 17.7 Å². The Balaban J connectivity index is 1.69. The number of Topliss-reactive ketones (excluding diaryl/α,β-unsaturated/α-hetero) is 1. The monoisotopic (exact) mass is 466 g/mol. The second kappa shape index (κ2) is 9.10. The van der Waals surface area contributed by atoms with Gasteiger partial charge in [0.2, 0.25) is 0 Å². The maximum atomic E-state index is 13.5. The van der Waals surface area contributed by atoms with Gasteiger partial charge in [0.15, 0.2) is 5.78 Å². The molecule has 1 saturated heterocycles. The summed E-state index contributed by atoms with van der Waals surface area (Å²) in [6.07, 6.45) is 2.08. The van der Waals surface area contributed by atoms with Crippen molar-refractivity contribution in [3.05, 3.63) is 69.7 Å². The van der Waals surface area contributed by atoms with E-state index in [4.69, 9.17) is 11.6 Å². The molecule has 2 aliphatic rings. The Hall–Kier alpha value is -2.99. The maximum absolute atomic E-state index is 13.5. The van der Waals surface area contributed by atoms with Crippen LogP contribution in [0.15, 0.2) is 42.5 Å². The van der Waals surface area contributed by atoms with Crippen molar-refractivity contribution in [2.75, 3.05) is 6.54 Å². The molecule has 1 aliphatic heterocycles. The van der Waals surface area contributed by atoms with E-state index in [0.29, 0.717) is 29.3 Å². The molecule has 33 heavy (non-hydrogen) atoms. The number of hydrazine groups is 1. The fraction of sp³-hybridized carbons (Fsp3) is 0.385. The Labute approximate surface area is 198 Å². The predicted octanol–water partition coefficient (Wildman–Crippen LogP) is 4.62. The number of carbonyl (C=O) groups is 4. The molecule has 0 radical (unpaired) electrons. The first-order valence-corrected chi connectivity index (χ1v) is 11.6. The summed E-state index contributed by atoms with van der Waals surface area (Å²) in [7, 11) is 0. The average molecular weight is 467 g/mol. The van der Waals surface area contributed by atoms with Gasteiger partial charge in [-0.25, -0.2) is 5.01 Å². The minimum Gasteiger partial charge on any atom is -0.292 e. The van der Waals surface area contributed by atoms with Gasteiger partial charge in [-0.1, -0.05) is 30.7 Å². The van der Waals surface area contributed by atoms with E-state index in [1.54, 1.807) is 24.3 Å². The van der Waals surface area contributed by atoms with Crippen LogP contribution < -0.4 is 0 Å². The number of imide groups is 1. The SMILES string of the molecule is Cc1ccc(C(=O)CN(C(=O)c2ccc(Cl)cc2)N2C(=O)[C@@H]3CC[C@H](C)C[C@H]3C2=O)cc1C. The standard InChI is InChI=1S/C26H27ClN2O4/c1-15-4-11-21-22(12-15)26(33)29(25(21)32)28(24(31)18-7-9-20(27)10-8-18)14-23(30)19-6-5-16(2)17(3)13-19/h5-10,13,15,21-22H,4,11-12,14H2,1-3H3/t15-,21+,22+/m0/s1. The maximum Gasteiger partial charge on any atom is 0.273 e. The zero-order valence-electron chi connectivity index (χ0n) is 19.0. The quantitative estimate of drug-likeness (QED) is 0.476. The van der Waals surface area contributed by atoms with Gasteiger partial charge in [0.05, 0.1) is 11.8 Å². The largest absolute Gasteiger partial charge is 0.292 e. The van der Waals surface area contributed by atoms with Crippen molar-refractivity contribution in [1.29, 1.82) is 0 Å². The minimum atomic E-state index is -0.586. The number of ketones is 1. The van der Waals surface area contributed by atoms with E-state index < -0.39 is 36.1 Å². The van der Waals surface area contributed by atoms with Gasteiger partial charge in [-0.05, 0) is 80.5 Å². The number of aryl methyl sites for hydroxylation is 2. The molecule has 4 rings (SSSR count). The van der Waals surface area contributed by atoms with Crippen LogP contribution in [0.4, 0.5) is 0 Å². The molecule has 7 heteroatoms. The number of benzene rings is 2.